The first-order chi connectivity index (χ1) is 9.95. The van der Waals surface area contributed by atoms with Gasteiger partial charge in [-0.15, -0.1) is 0 Å². The summed E-state index contributed by atoms with van der Waals surface area (Å²) in [6, 6.07) is 12.7. The number of ether oxygens (including phenoxy) is 1. The summed E-state index contributed by atoms with van der Waals surface area (Å²) in [4.78, 5) is 11.4. The zero-order chi connectivity index (χ0) is 15.4. The minimum atomic E-state index is -0.992. The smallest absolute Gasteiger partial charge is 0.345 e. The zero-order valence-electron chi connectivity index (χ0n) is 12.0. The Hall–Kier alpha value is -2.00. The summed E-state index contributed by atoms with van der Waals surface area (Å²) in [6.07, 6.45) is -0.673. The maximum Gasteiger partial charge on any atom is 0.345 e. The number of carbonyl (C=O) groups is 1. The van der Waals surface area contributed by atoms with Crippen LogP contribution in [0.3, 0.4) is 0 Å². The van der Waals surface area contributed by atoms with E-state index in [-0.39, 0.29) is 6.42 Å². The average Bonchev–Trinajstić information content (AvgIpc) is 2.42. The summed E-state index contributed by atoms with van der Waals surface area (Å²) < 4.78 is 5.61. The Balaban J connectivity index is 2.15. The topological polar surface area (TPSA) is 46.5 Å². The van der Waals surface area contributed by atoms with Crippen LogP contribution in [-0.2, 0) is 11.2 Å². The predicted octanol–water partition coefficient (Wildman–Crippen LogP) is 4.03. The van der Waals surface area contributed by atoms with Gasteiger partial charge in [0, 0.05) is 11.4 Å². The van der Waals surface area contributed by atoms with Gasteiger partial charge in [-0.25, -0.2) is 4.79 Å². The molecule has 4 heteroatoms. The maximum absolute atomic E-state index is 11.4. The largest absolute Gasteiger partial charge is 0.478 e. The second-order valence-electron chi connectivity index (χ2n) is 5.02. The first-order valence-electron chi connectivity index (χ1n) is 6.67. The number of carboxylic acid groups (broad SMARTS) is 1. The molecule has 21 heavy (non-hydrogen) atoms. The van der Waals surface area contributed by atoms with Gasteiger partial charge in [0.2, 0.25) is 0 Å². The van der Waals surface area contributed by atoms with E-state index in [1.165, 1.54) is 0 Å². The molecule has 0 saturated heterocycles. The molecule has 1 N–H and O–H groups in total. The van der Waals surface area contributed by atoms with Crippen LogP contribution in [0.4, 0.5) is 0 Å². The molecule has 0 aromatic heterocycles. The fourth-order valence-corrected chi connectivity index (χ4v) is 2.22. The van der Waals surface area contributed by atoms with Crippen LogP contribution in [0, 0.1) is 13.8 Å². The second-order valence-corrected chi connectivity index (χ2v) is 5.46. The van der Waals surface area contributed by atoms with Gasteiger partial charge in [-0.1, -0.05) is 29.8 Å². The second kappa shape index (κ2) is 6.64. The number of hydrogen-bond donors (Lipinski definition) is 1. The first kappa shape index (κ1) is 15.4. The molecule has 0 radical (unpaired) electrons. The molecular formula is C17H17ClO3. The van der Waals surface area contributed by atoms with E-state index in [0.29, 0.717) is 10.8 Å². The maximum atomic E-state index is 11.4. The summed E-state index contributed by atoms with van der Waals surface area (Å²) in [5.74, 6) is -0.430. The van der Waals surface area contributed by atoms with Gasteiger partial charge in [0.25, 0.3) is 0 Å². The highest BCUT2D eigenvalue weighted by atomic mass is 35.5. The molecule has 3 nitrogen and oxygen atoms in total. The van der Waals surface area contributed by atoms with E-state index in [0.717, 1.165) is 16.7 Å². The molecule has 2 aromatic rings. The Morgan fingerprint density at radius 2 is 1.95 bits per heavy atom. The molecule has 0 heterocycles. The molecule has 0 aliphatic heterocycles. The Labute approximate surface area is 129 Å². The summed E-state index contributed by atoms with van der Waals surface area (Å²) >= 11 is 5.92. The van der Waals surface area contributed by atoms with Crippen molar-refractivity contribution in [3.8, 4) is 5.75 Å². The number of halogens is 1. The lowest BCUT2D eigenvalue weighted by Crippen LogP contribution is -2.29. The third-order valence-corrected chi connectivity index (χ3v) is 3.58. The molecule has 0 bridgehead atoms. The molecule has 1 unspecified atom stereocenters. The van der Waals surface area contributed by atoms with Crippen LogP contribution in [-0.4, -0.2) is 17.2 Å². The first-order valence-corrected chi connectivity index (χ1v) is 7.04. The van der Waals surface area contributed by atoms with Gasteiger partial charge in [0.1, 0.15) is 5.75 Å². The highest BCUT2D eigenvalue weighted by Crippen LogP contribution is 2.20. The average molecular weight is 305 g/mol. The van der Waals surface area contributed by atoms with Crippen molar-refractivity contribution >= 4 is 17.6 Å². The molecule has 0 aliphatic carbocycles. The lowest BCUT2D eigenvalue weighted by atomic mass is 10.1. The van der Waals surface area contributed by atoms with Crippen LogP contribution in [0.15, 0.2) is 42.5 Å². The van der Waals surface area contributed by atoms with Crippen molar-refractivity contribution in [3.05, 3.63) is 64.2 Å². The molecule has 0 amide bonds. The normalized spacial score (nSPS) is 12.0. The summed E-state index contributed by atoms with van der Waals surface area (Å²) in [7, 11) is 0. The monoisotopic (exact) mass is 304 g/mol. The molecular weight excluding hydrogens is 288 g/mol. The number of benzene rings is 2. The van der Waals surface area contributed by atoms with E-state index >= 15 is 0 Å². The van der Waals surface area contributed by atoms with Crippen LogP contribution in [0.1, 0.15) is 16.7 Å². The van der Waals surface area contributed by atoms with Crippen molar-refractivity contribution in [1.82, 2.24) is 0 Å². The van der Waals surface area contributed by atoms with Crippen molar-refractivity contribution in [2.75, 3.05) is 0 Å². The van der Waals surface area contributed by atoms with E-state index in [1.807, 2.05) is 32.0 Å². The van der Waals surface area contributed by atoms with Crippen LogP contribution >= 0.6 is 11.6 Å². The molecule has 0 spiro atoms. The van der Waals surface area contributed by atoms with Gasteiger partial charge in [-0.05, 0) is 54.8 Å². The standard InChI is InChI=1S/C17H17ClO3/c1-11-6-7-15(8-12(11)2)21-16(17(19)20)10-13-4-3-5-14(18)9-13/h3-9,16H,10H2,1-2H3,(H,19,20). The van der Waals surface area contributed by atoms with Crippen molar-refractivity contribution in [3.63, 3.8) is 0 Å². The fourth-order valence-electron chi connectivity index (χ4n) is 2.01. The molecule has 0 saturated carbocycles. The van der Waals surface area contributed by atoms with Crippen LogP contribution < -0.4 is 4.74 Å². The van der Waals surface area contributed by atoms with E-state index in [4.69, 9.17) is 16.3 Å². The molecule has 2 rings (SSSR count). The number of hydrogen-bond acceptors (Lipinski definition) is 2. The number of carboxylic acids is 1. The predicted molar refractivity (Wildman–Crippen MR) is 83.1 cm³/mol. The van der Waals surface area contributed by atoms with Gasteiger partial charge in [-0.3, -0.25) is 0 Å². The highest BCUT2D eigenvalue weighted by Gasteiger charge is 2.20. The lowest BCUT2D eigenvalue weighted by Gasteiger charge is -2.16. The number of aryl methyl sites for hydroxylation is 2. The van der Waals surface area contributed by atoms with E-state index in [9.17, 15) is 9.90 Å². The molecule has 0 fully saturated rings. The van der Waals surface area contributed by atoms with E-state index < -0.39 is 12.1 Å². The fraction of sp³-hybridized carbons (Fsp3) is 0.235. The zero-order valence-corrected chi connectivity index (χ0v) is 12.7. The van der Waals surface area contributed by atoms with Crippen molar-refractivity contribution in [1.29, 1.82) is 0 Å². The molecule has 2 aromatic carbocycles. The van der Waals surface area contributed by atoms with Crippen LogP contribution in [0.25, 0.3) is 0 Å². The van der Waals surface area contributed by atoms with Crippen molar-refractivity contribution in [2.24, 2.45) is 0 Å². The number of aliphatic carboxylic acids is 1. The highest BCUT2D eigenvalue weighted by molar-refractivity contribution is 6.30. The lowest BCUT2D eigenvalue weighted by molar-refractivity contribution is -0.145. The molecule has 1 atom stereocenters. The Morgan fingerprint density at radius 3 is 2.57 bits per heavy atom. The molecule has 110 valence electrons. The minimum absolute atomic E-state index is 0.267. The summed E-state index contributed by atoms with van der Waals surface area (Å²) in [6.45, 7) is 3.97. The van der Waals surface area contributed by atoms with Gasteiger partial charge in [0.15, 0.2) is 6.10 Å². The van der Waals surface area contributed by atoms with E-state index in [2.05, 4.69) is 0 Å². The molecule has 0 aliphatic rings. The Morgan fingerprint density at radius 1 is 1.19 bits per heavy atom. The van der Waals surface area contributed by atoms with Crippen LogP contribution in [0.2, 0.25) is 5.02 Å². The van der Waals surface area contributed by atoms with Crippen molar-refractivity contribution in [2.45, 2.75) is 26.4 Å². The Kier molecular flexibility index (Phi) is 4.86. The van der Waals surface area contributed by atoms with Gasteiger partial charge >= 0.3 is 5.97 Å². The summed E-state index contributed by atoms with van der Waals surface area (Å²) in [5.41, 5.74) is 3.04. The SMILES string of the molecule is Cc1ccc(OC(Cc2cccc(Cl)c2)C(=O)O)cc1C. The Bertz CT molecular complexity index is 652. The van der Waals surface area contributed by atoms with Crippen molar-refractivity contribution < 1.29 is 14.6 Å². The van der Waals surface area contributed by atoms with Gasteiger partial charge < -0.3 is 9.84 Å². The van der Waals surface area contributed by atoms with Gasteiger partial charge in [-0.2, -0.15) is 0 Å². The summed E-state index contributed by atoms with van der Waals surface area (Å²) in [5, 5.41) is 9.92. The minimum Gasteiger partial charge on any atom is -0.478 e. The van der Waals surface area contributed by atoms with E-state index in [1.54, 1.807) is 24.3 Å². The third kappa shape index (κ3) is 4.23. The quantitative estimate of drug-likeness (QED) is 0.907. The van der Waals surface area contributed by atoms with Crippen LogP contribution in [0.5, 0.6) is 5.75 Å². The van der Waals surface area contributed by atoms with Gasteiger partial charge in [0.05, 0.1) is 0 Å². The number of rotatable bonds is 5. The third-order valence-electron chi connectivity index (χ3n) is 3.34.